The van der Waals surface area contributed by atoms with Crippen LogP contribution >= 0.6 is 11.3 Å². The molecule has 2 N–H and O–H groups in total. The molecule has 4 unspecified atom stereocenters. The maximum absolute atomic E-state index is 6.28. The van der Waals surface area contributed by atoms with E-state index in [4.69, 9.17) is 5.73 Å². The van der Waals surface area contributed by atoms with Crippen LogP contribution in [-0.4, -0.2) is 23.5 Å². The van der Waals surface area contributed by atoms with E-state index in [0.29, 0.717) is 12.1 Å². The third kappa shape index (κ3) is 2.79. The lowest BCUT2D eigenvalue weighted by Crippen LogP contribution is -2.49. The fraction of sp³-hybridized carbons (Fsp3) is 0.733. The van der Waals surface area contributed by atoms with Crippen molar-refractivity contribution < 1.29 is 0 Å². The summed E-state index contributed by atoms with van der Waals surface area (Å²) in [6, 6.07) is 5.70. The van der Waals surface area contributed by atoms with Crippen LogP contribution in [0.15, 0.2) is 12.1 Å². The summed E-state index contributed by atoms with van der Waals surface area (Å²) >= 11 is 1.90. The van der Waals surface area contributed by atoms with Crippen LogP contribution in [0.4, 0.5) is 0 Å². The summed E-state index contributed by atoms with van der Waals surface area (Å²) in [4.78, 5) is 5.45. The van der Waals surface area contributed by atoms with Gasteiger partial charge in [0, 0.05) is 21.8 Å². The zero-order valence-electron chi connectivity index (χ0n) is 12.0. The topological polar surface area (TPSA) is 29.3 Å². The van der Waals surface area contributed by atoms with Crippen LogP contribution in [0.1, 0.15) is 49.4 Å². The van der Waals surface area contributed by atoms with Gasteiger partial charge in [-0.3, -0.25) is 4.90 Å². The predicted octanol–water partition coefficient (Wildman–Crippen LogP) is 3.57. The largest absolute Gasteiger partial charge is 0.326 e. The number of piperidine rings is 1. The number of hydrogen-bond acceptors (Lipinski definition) is 3. The Balaban J connectivity index is 2.24. The summed E-state index contributed by atoms with van der Waals surface area (Å²) in [5, 5.41) is 0. The number of thiophene rings is 1. The van der Waals surface area contributed by atoms with Gasteiger partial charge in [-0.1, -0.05) is 6.92 Å². The average Bonchev–Trinajstić information content (AvgIpc) is 2.71. The molecule has 4 atom stereocenters. The van der Waals surface area contributed by atoms with Gasteiger partial charge in [-0.25, -0.2) is 0 Å². The van der Waals surface area contributed by atoms with Crippen LogP contribution in [0.2, 0.25) is 0 Å². The number of aryl methyl sites for hydroxylation is 1. The van der Waals surface area contributed by atoms with Gasteiger partial charge in [-0.05, 0) is 58.2 Å². The first-order valence-electron chi connectivity index (χ1n) is 7.08. The van der Waals surface area contributed by atoms with Crippen LogP contribution in [0.5, 0.6) is 0 Å². The first-order chi connectivity index (χ1) is 8.50. The Hall–Kier alpha value is -0.380. The Morgan fingerprint density at radius 3 is 2.67 bits per heavy atom. The third-order valence-corrected chi connectivity index (χ3v) is 5.40. The molecule has 0 aromatic carbocycles. The second-order valence-electron chi connectivity index (χ2n) is 5.85. The van der Waals surface area contributed by atoms with Gasteiger partial charge in [0.15, 0.2) is 0 Å². The van der Waals surface area contributed by atoms with Crippen molar-refractivity contribution in [2.75, 3.05) is 6.54 Å². The molecule has 1 aliphatic rings. The van der Waals surface area contributed by atoms with Crippen molar-refractivity contribution in [1.29, 1.82) is 0 Å². The van der Waals surface area contributed by atoms with Crippen LogP contribution in [0, 0.1) is 12.8 Å². The van der Waals surface area contributed by atoms with Gasteiger partial charge in [-0.15, -0.1) is 11.3 Å². The van der Waals surface area contributed by atoms with Crippen molar-refractivity contribution in [3.05, 3.63) is 21.9 Å². The number of nitrogens with two attached hydrogens (primary N) is 1. The Kier molecular flexibility index (Phi) is 4.46. The maximum Gasteiger partial charge on any atom is 0.0593 e. The molecule has 3 heteroatoms. The molecular formula is C15H26N2S. The van der Waals surface area contributed by atoms with Crippen molar-refractivity contribution in [3.63, 3.8) is 0 Å². The minimum Gasteiger partial charge on any atom is -0.326 e. The normalized spacial score (nSPS) is 29.2. The minimum absolute atomic E-state index is 0.191. The molecular weight excluding hydrogens is 240 g/mol. The molecule has 2 rings (SSSR count). The van der Waals surface area contributed by atoms with Crippen LogP contribution < -0.4 is 5.73 Å². The quantitative estimate of drug-likeness (QED) is 0.906. The summed E-state index contributed by atoms with van der Waals surface area (Å²) in [7, 11) is 0. The monoisotopic (exact) mass is 266 g/mol. The highest BCUT2D eigenvalue weighted by atomic mass is 32.1. The Bertz CT molecular complexity index is 386. The van der Waals surface area contributed by atoms with E-state index in [2.05, 4.69) is 44.7 Å². The molecule has 1 aromatic rings. The van der Waals surface area contributed by atoms with Crippen molar-refractivity contribution in [2.45, 2.75) is 58.7 Å². The van der Waals surface area contributed by atoms with Crippen molar-refractivity contribution in [2.24, 2.45) is 11.7 Å². The summed E-state index contributed by atoms with van der Waals surface area (Å²) in [5.41, 5.74) is 6.28. The molecule has 1 saturated heterocycles. The average molecular weight is 266 g/mol. The molecule has 1 aromatic heterocycles. The van der Waals surface area contributed by atoms with Gasteiger partial charge in [0.1, 0.15) is 0 Å². The molecule has 102 valence electrons. The minimum atomic E-state index is 0.191. The Morgan fingerprint density at radius 1 is 1.39 bits per heavy atom. The van der Waals surface area contributed by atoms with Crippen molar-refractivity contribution in [3.8, 4) is 0 Å². The molecule has 1 fully saturated rings. The fourth-order valence-electron chi connectivity index (χ4n) is 3.10. The summed E-state index contributed by atoms with van der Waals surface area (Å²) in [5.74, 6) is 0.779. The van der Waals surface area contributed by atoms with Gasteiger partial charge in [0.2, 0.25) is 0 Å². The van der Waals surface area contributed by atoms with E-state index < -0.39 is 0 Å². The first-order valence-corrected chi connectivity index (χ1v) is 7.90. The van der Waals surface area contributed by atoms with E-state index in [0.717, 1.165) is 5.92 Å². The molecule has 0 bridgehead atoms. The second kappa shape index (κ2) is 5.72. The zero-order valence-corrected chi connectivity index (χ0v) is 12.8. The Morgan fingerprint density at radius 2 is 2.11 bits per heavy atom. The molecule has 0 saturated carbocycles. The van der Waals surface area contributed by atoms with Gasteiger partial charge >= 0.3 is 0 Å². The van der Waals surface area contributed by atoms with Gasteiger partial charge in [0.05, 0.1) is 6.04 Å². The van der Waals surface area contributed by atoms with Crippen LogP contribution in [0.25, 0.3) is 0 Å². The van der Waals surface area contributed by atoms with Crippen molar-refractivity contribution in [1.82, 2.24) is 4.90 Å². The summed E-state index contributed by atoms with van der Waals surface area (Å²) in [6.45, 7) is 10.2. The van der Waals surface area contributed by atoms with E-state index >= 15 is 0 Å². The fourth-order valence-corrected chi connectivity index (χ4v) is 4.21. The molecule has 18 heavy (non-hydrogen) atoms. The van der Waals surface area contributed by atoms with E-state index in [1.54, 1.807) is 0 Å². The lowest BCUT2D eigenvalue weighted by molar-refractivity contribution is 0.0595. The smallest absolute Gasteiger partial charge is 0.0593 e. The number of likely N-dealkylation sites (tertiary alicyclic amines) is 1. The third-order valence-electron chi connectivity index (χ3n) is 4.33. The standard InChI is InChI=1S/C15H26N2S/c1-10-6-5-9-17(13(10)4)15(12(3)16)14-8-7-11(2)18-14/h7-8,10,12-13,15H,5-6,9,16H2,1-4H3. The molecule has 2 heterocycles. The second-order valence-corrected chi connectivity index (χ2v) is 7.17. The summed E-state index contributed by atoms with van der Waals surface area (Å²) in [6.07, 6.45) is 2.66. The van der Waals surface area contributed by atoms with Gasteiger partial charge in [0.25, 0.3) is 0 Å². The number of nitrogens with zero attached hydrogens (tertiary/aromatic N) is 1. The lowest BCUT2D eigenvalue weighted by atomic mass is 9.89. The zero-order chi connectivity index (χ0) is 13.3. The van der Waals surface area contributed by atoms with E-state index in [1.807, 2.05) is 11.3 Å². The summed E-state index contributed by atoms with van der Waals surface area (Å²) < 4.78 is 0. The highest BCUT2D eigenvalue weighted by Gasteiger charge is 2.33. The molecule has 1 aliphatic heterocycles. The maximum atomic E-state index is 6.28. The van der Waals surface area contributed by atoms with E-state index in [1.165, 1.54) is 29.1 Å². The molecule has 0 amide bonds. The van der Waals surface area contributed by atoms with E-state index in [-0.39, 0.29) is 6.04 Å². The SMILES string of the molecule is Cc1ccc(C(C(C)N)N2CCCC(C)C2C)s1. The van der Waals surface area contributed by atoms with Gasteiger partial charge < -0.3 is 5.73 Å². The van der Waals surface area contributed by atoms with Crippen molar-refractivity contribution >= 4 is 11.3 Å². The first kappa shape index (κ1) is 14.0. The Labute approximate surface area is 115 Å². The molecule has 0 radical (unpaired) electrons. The lowest BCUT2D eigenvalue weighted by Gasteiger charge is -2.44. The molecule has 0 aliphatic carbocycles. The van der Waals surface area contributed by atoms with E-state index in [9.17, 15) is 0 Å². The highest BCUT2D eigenvalue weighted by molar-refractivity contribution is 7.12. The number of rotatable bonds is 3. The predicted molar refractivity (Wildman–Crippen MR) is 80.0 cm³/mol. The molecule has 0 spiro atoms. The van der Waals surface area contributed by atoms with Crippen LogP contribution in [-0.2, 0) is 0 Å². The molecule has 2 nitrogen and oxygen atoms in total. The number of hydrogen-bond donors (Lipinski definition) is 1. The van der Waals surface area contributed by atoms with Gasteiger partial charge in [-0.2, -0.15) is 0 Å². The van der Waals surface area contributed by atoms with Crippen LogP contribution in [0.3, 0.4) is 0 Å². The highest BCUT2D eigenvalue weighted by Crippen LogP contribution is 2.35.